The van der Waals surface area contributed by atoms with Gasteiger partial charge in [0.2, 0.25) is 0 Å². The number of hydrogen-bond acceptors (Lipinski definition) is 2. The smallest absolute Gasteiger partial charge is 0.0565 e. The van der Waals surface area contributed by atoms with E-state index >= 15 is 0 Å². The minimum absolute atomic E-state index is 0.201. The van der Waals surface area contributed by atoms with Gasteiger partial charge in [0, 0.05) is 12.1 Å². The fourth-order valence-electron chi connectivity index (χ4n) is 3.27. The van der Waals surface area contributed by atoms with Crippen molar-refractivity contribution in [2.24, 2.45) is 5.41 Å². The third-order valence-corrected chi connectivity index (χ3v) is 4.10. The molecular weight excluding hydrogens is 246 g/mol. The van der Waals surface area contributed by atoms with E-state index in [-0.39, 0.29) is 5.41 Å². The summed E-state index contributed by atoms with van der Waals surface area (Å²) in [5.74, 6) is 0. The van der Waals surface area contributed by atoms with E-state index in [9.17, 15) is 0 Å². The number of rotatable bonds is 3. The van der Waals surface area contributed by atoms with Gasteiger partial charge in [0.05, 0.1) is 12.2 Å². The van der Waals surface area contributed by atoms with Crippen LogP contribution in [0.1, 0.15) is 59.1 Å². The van der Waals surface area contributed by atoms with Crippen LogP contribution in [0.3, 0.4) is 0 Å². The Morgan fingerprint density at radius 1 is 1.05 bits per heavy atom. The van der Waals surface area contributed by atoms with E-state index in [1.165, 1.54) is 5.56 Å². The summed E-state index contributed by atoms with van der Waals surface area (Å²) in [6, 6.07) is 11.7. The Balaban J connectivity index is 2.13. The Morgan fingerprint density at radius 3 is 2.10 bits per heavy atom. The van der Waals surface area contributed by atoms with Crippen LogP contribution in [0.4, 0.5) is 0 Å². The first kappa shape index (κ1) is 15.5. The Bertz CT molecular complexity index is 399. The van der Waals surface area contributed by atoms with E-state index in [0.29, 0.717) is 24.3 Å². The van der Waals surface area contributed by atoms with Crippen molar-refractivity contribution >= 4 is 0 Å². The molecule has 2 nitrogen and oxygen atoms in total. The molecule has 0 spiro atoms. The van der Waals surface area contributed by atoms with Crippen molar-refractivity contribution in [3.8, 4) is 0 Å². The molecule has 1 aromatic rings. The van der Waals surface area contributed by atoms with Crippen molar-refractivity contribution in [1.82, 2.24) is 5.32 Å². The predicted octanol–water partition coefficient (Wildman–Crippen LogP) is 4.32. The lowest BCUT2D eigenvalue weighted by Crippen LogP contribution is -2.45. The average molecular weight is 275 g/mol. The molecule has 1 aliphatic heterocycles. The van der Waals surface area contributed by atoms with Crippen molar-refractivity contribution < 1.29 is 4.74 Å². The minimum Gasteiger partial charge on any atom is -0.375 e. The lowest BCUT2D eigenvalue weighted by Gasteiger charge is -2.39. The van der Waals surface area contributed by atoms with Crippen molar-refractivity contribution in [2.75, 3.05) is 0 Å². The van der Waals surface area contributed by atoms with Gasteiger partial charge in [-0.25, -0.2) is 0 Å². The molecule has 3 unspecified atom stereocenters. The highest BCUT2D eigenvalue weighted by molar-refractivity contribution is 5.21. The lowest BCUT2D eigenvalue weighted by atomic mass is 9.81. The van der Waals surface area contributed by atoms with Gasteiger partial charge in [0.15, 0.2) is 0 Å². The van der Waals surface area contributed by atoms with Crippen LogP contribution < -0.4 is 5.32 Å². The molecule has 0 aromatic heterocycles. The molecule has 0 radical (unpaired) electrons. The molecule has 1 aromatic carbocycles. The Morgan fingerprint density at radius 2 is 1.60 bits per heavy atom. The fraction of sp³-hybridized carbons (Fsp3) is 0.667. The largest absolute Gasteiger partial charge is 0.375 e. The summed E-state index contributed by atoms with van der Waals surface area (Å²) in [4.78, 5) is 0. The van der Waals surface area contributed by atoms with Crippen LogP contribution in [0.15, 0.2) is 30.3 Å². The summed E-state index contributed by atoms with van der Waals surface area (Å²) in [5, 5.41) is 3.89. The van der Waals surface area contributed by atoms with Crippen molar-refractivity contribution in [3.63, 3.8) is 0 Å². The first-order valence-electron chi connectivity index (χ1n) is 7.82. The summed E-state index contributed by atoms with van der Waals surface area (Å²) < 4.78 is 5.85. The second kappa shape index (κ2) is 6.28. The second-order valence-electron chi connectivity index (χ2n) is 7.30. The summed E-state index contributed by atoms with van der Waals surface area (Å²) in [7, 11) is 0. The highest BCUT2D eigenvalue weighted by atomic mass is 16.5. The highest BCUT2D eigenvalue weighted by Crippen LogP contribution is 2.34. The molecule has 0 saturated carbocycles. The highest BCUT2D eigenvalue weighted by Gasteiger charge is 2.31. The Labute approximate surface area is 123 Å². The van der Waals surface area contributed by atoms with Crippen LogP contribution in [-0.4, -0.2) is 18.2 Å². The van der Waals surface area contributed by atoms with E-state index < -0.39 is 0 Å². The maximum Gasteiger partial charge on any atom is 0.0565 e. The SMILES string of the molecule is CC1CC(NC(c2ccccc2)C(C)(C)C)CC(C)O1. The monoisotopic (exact) mass is 275 g/mol. The molecule has 1 N–H and O–H groups in total. The topological polar surface area (TPSA) is 21.3 Å². The summed E-state index contributed by atoms with van der Waals surface area (Å²) in [6.45, 7) is 11.3. The minimum atomic E-state index is 0.201. The van der Waals surface area contributed by atoms with E-state index in [1.54, 1.807) is 0 Å². The molecule has 1 saturated heterocycles. The third kappa shape index (κ3) is 4.07. The van der Waals surface area contributed by atoms with E-state index in [0.717, 1.165) is 12.8 Å². The van der Waals surface area contributed by atoms with Gasteiger partial charge in [-0.15, -0.1) is 0 Å². The maximum atomic E-state index is 5.85. The van der Waals surface area contributed by atoms with Gasteiger partial charge in [-0.05, 0) is 37.7 Å². The molecule has 2 rings (SSSR count). The number of benzene rings is 1. The first-order valence-corrected chi connectivity index (χ1v) is 7.82. The van der Waals surface area contributed by atoms with Gasteiger partial charge in [0.1, 0.15) is 0 Å². The molecule has 2 heteroatoms. The summed E-state index contributed by atoms with van der Waals surface area (Å²) in [5.41, 5.74) is 1.58. The van der Waals surface area contributed by atoms with E-state index in [2.05, 4.69) is 70.3 Å². The molecule has 3 atom stereocenters. The van der Waals surface area contributed by atoms with Gasteiger partial charge in [0.25, 0.3) is 0 Å². The van der Waals surface area contributed by atoms with Gasteiger partial charge >= 0.3 is 0 Å². The van der Waals surface area contributed by atoms with E-state index in [4.69, 9.17) is 4.74 Å². The van der Waals surface area contributed by atoms with Crippen molar-refractivity contribution in [3.05, 3.63) is 35.9 Å². The molecule has 112 valence electrons. The zero-order valence-corrected chi connectivity index (χ0v) is 13.5. The molecule has 1 fully saturated rings. The Kier molecular flexibility index (Phi) is 4.87. The zero-order chi connectivity index (χ0) is 14.8. The third-order valence-electron chi connectivity index (χ3n) is 4.10. The van der Waals surface area contributed by atoms with Crippen LogP contribution in [-0.2, 0) is 4.74 Å². The molecule has 0 aliphatic carbocycles. The van der Waals surface area contributed by atoms with Crippen molar-refractivity contribution in [1.29, 1.82) is 0 Å². The quantitative estimate of drug-likeness (QED) is 0.887. The molecule has 20 heavy (non-hydrogen) atoms. The number of ether oxygens (including phenoxy) is 1. The first-order chi connectivity index (χ1) is 9.36. The van der Waals surface area contributed by atoms with Gasteiger partial charge in [-0.2, -0.15) is 0 Å². The van der Waals surface area contributed by atoms with Crippen LogP contribution >= 0.6 is 0 Å². The number of nitrogens with one attached hydrogen (secondary N) is 1. The Hall–Kier alpha value is -0.860. The molecule has 0 bridgehead atoms. The van der Waals surface area contributed by atoms with Gasteiger partial charge < -0.3 is 10.1 Å². The maximum absolute atomic E-state index is 5.85. The van der Waals surface area contributed by atoms with Crippen LogP contribution in [0.2, 0.25) is 0 Å². The fourth-order valence-corrected chi connectivity index (χ4v) is 3.27. The molecule has 1 aliphatic rings. The summed E-state index contributed by atoms with van der Waals surface area (Å²) in [6.07, 6.45) is 2.91. The molecule has 1 heterocycles. The van der Waals surface area contributed by atoms with E-state index in [1.807, 2.05) is 0 Å². The van der Waals surface area contributed by atoms with Gasteiger partial charge in [-0.1, -0.05) is 51.1 Å². The van der Waals surface area contributed by atoms with Crippen LogP contribution in [0, 0.1) is 5.41 Å². The second-order valence-corrected chi connectivity index (χ2v) is 7.30. The van der Waals surface area contributed by atoms with Crippen LogP contribution in [0.5, 0.6) is 0 Å². The summed E-state index contributed by atoms with van der Waals surface area (Å²) >= 11 is 0. The standard InChI is InChI=1S/C18H29NO/c1-13-11-16(12-14(2)20-13)19-17(18(3,4)5)15-9-7-6-8-10-15/h6-10,13-14,16-17,19H,11-12H2,1-5H3. The normalized spacial score (nSPS) is 29.1. The van der Waals surface area contributed by atoms with Crippen LogP contribution in [0.25, 0.3) is 0 Å². The number of hydrogen-bond donors (Lipinski definition) is 1. The molecular formula is C18H29NO. The zero-order valence-electron chi connectivity index (χ0n) is 13.5. The average Bonchev–Trinajstić information content (AvgIpc) is 2.34. The van der Waals surface area contributed by atoms with Crippen molar-refractivity contribution in [2.45, 2.75) is 71.8 Å². The predicted molar refractivity (Wildman–Crippen MR) is 84.8 cm³/mol. The molecule has 0 amide bonds. The lowest BCUT2D eigenvalue weighted by molar-refractivity contribution is -0.0457. The van der Waals surface area contributed by atoms with Gasteiger partial charge in [-0.3, -0.25) is 0 Å².